The highest BCUT2D eigenvalue weighted by Gasteiger charge is 2.34. The molecule has 0 atom stereocenters. The molecule has 1 aliphatic heterocycles. The third-order valence-corrected chi connectivity index (χ3v) is 5.66. The monoisotopic (exact) mass is 445 g/mol. The van der Waals surface area contributed by atoms with Crippen LogP contribution in [0.5, 0.6) is 0 Å². The molecule has 0 N–H and O–H groups in total. The summed E-state index contributed by atoms with van der Waals surface area (Å²) in [4.78, 5) is 27.7. The molecule has 2 aromatic carbocycles. The van der Waals surface area contributed by atoms with Crippen LogP contribution in [0.4, 0.5) is 18.9 Å². The van der Waals surface area contributed by atoms with E-state index in [9.17, 15) is 22.8 Å². The molecule has 4 rings (SSSR count). The summed E-state index contributed by atoms with van der Waals surface area (Å²) < 4.78 is 46.4. The summed E-state index contributed by atoms with van der Waals surface area (Å²) in [7, 11) is 4.47. The van der Waals surface area contributed by atoms with Crippen molar-refractivity contribution >= 4 is 28.5 Å². The number of nitrogens with zero attached hydrogens (tertiary/aromatic N) is 3. The minimum absolute atomic E-state index is 0.179. The summed E-state index contributed by atoms with van der Waals surface area (Å²) in [5.41, 5.74) is 1.45. The molecule has 1 saturated heterocycles. The van der Waals surface area contributed by atoms with Crippen molar-refractivity contribution in [2.75, 3.05) is 39.2 Å². The van der Waals surface area contributed by atoms with E-state index >= 15 is 0 Å². The minimum Gasteiger partial charge on any atom is -0.469 e. The van der Waals surface area contributed by atoms with Crippen LogP contribution in [-0.2, 0) is 15.7 Å². The molecular weight excluding hydrogens is 423 g/mol. The van der Waals surface area contributed by atoms with Crippen molar-refractivity contribution in [1.29, 1.82) is 0 Å². The number of hydrogen-bond acceptors (Lipinski definition) is 4. The van der Waals surface area contributed by atoms with Crippen molar-refractivity contribution in [1.82, 2.24) is 9.47 Å². The van der Waals surface area contributed by atoms with E-state index in [-0.39, 0.29) is 28.7 Å². The summed E-state index contributed by atoms with van der Waals surface area (Å²) in [6.07, 6.45) is -2.94. The van der Waals surface area contributed by atoms with Gasteiger partial charge in [0.25, 0.3) is 5.91 Å². The van der Waals surface area contributed by atoms with Gasteiger partial charge in [-0.3, -0.25) is 9.59 Å². The highest BCUT2D eigenvalue weighted by atomic mass is 19.4. The molecule has 168 valence electrons. The van der Waals surface area contributed by atoms with Crippen LogP contribution in [0.25, 0.3) is 16.6 Å². The Hall–Kier alpha value is -3.49. The summed E-state index contributed by atoms with van der Waals surface area (Å²) in [6.45, 7) is 1.06. The van der Waals surface area contributed by atoms with Crippen LogP contribution in [0.3, 0.4) is 0 Å². The number of carbonyl (C=O) groups is 2. The number of benzene rings is 2. The van der Waals surface area contributed by atoms with E-state index in [2.05, 4.69) is 0 Å². The summed E-state index contributed by atoms with van der Waals surface area (Å²) >= 11 is 0. The van der Waals surface area contributed by atoms with E-state index < -0.39 is 11.7 Å². The Bertz CT molecular complexity index is 1190. The van der Waals surface area contributed by atoms with Gasteiger partial charge in [0.15, 0.2) is 0 Å². The van der Waals surface area contributed by atoms with E-state index in [1.807, 2.05) is 29.2 Å². The van der Waals surface area contributed by atoms with Crippen LogP contribution in [0.1, 0.15) is 15.9 Å². The topological polar surface area (TPSA) is 54.8 Å². The number of carbonyl (C=O) groups excluding carboxylic acids is 2. The number of amides is 1. The number of rotatable bonds is 4. The zero-order valence-electron chi connectivity index (χ0n) is 17.8. The van der Waals surface area contributed by atoms with Crippen molar-refractivity contribution in [2.24, 2.45) is 5.92 Å². The molecule has 0 bridgehead atoms. The van der Waals surface area contributed by atoms with E-state index in [0.29, 0.717) is 24.3 Å². The van der Waals surface area contributed by atoms with E-state index in [1.165, 1.54) is 18.1 Å². The third kappa shape index (κ3) is 3.79. The van der Waals surface area contributed by atoms with Crippen molar-refractivity contribution in [3.63, 3.8) is 0 Å². The maximum Gasteiger partial charge on any atom is 0.416 e. The predicted molar refractivity (Wildman–Crippen MR) is 114 cm³/mol. The third-order valence-electron chi connectivity index (χ3n) is 5.66. The zero-order valence-corrected chi connectivity index (χ0v) is 17.8. The number of esters is 1. The number of anilines is 1. The maximum absolute atomic E-state index is 13.3. The average Bonchev–Trinajstić information content (AvgIpc) is 3.10. The van der Waals surface area contributed by atoms with Gasteiger partial charge in [0.2, 0.25) is 0 Å². The molecule has 9 heteroatoms. The summed E-state index contributed by atoms with van der Waals surface area (Å²) in [5, 5.41) is 0.235. The molecule has 0 unspecified atom stereocenters. The maximum atomic E-state index is 13.3. The molecule has 6 nitrogen and oxygen atoms in total. The Kier molecular flexibility index (Phi) is 5.36. The van der Waals surface area contributed by atoms with Crippen LogP contribution in [0.2, 0.25) is 0 Å². The first-order valence-electron chi connectivity index (χ1n) is 9.97. The molecule has 0 radical (unpaired) electrons. The second kappa shape index (κ2) is 7.89. The molecule has 1 fully saturated rings. The van der Waals surface area contributed by atoms with Crippen LogP contribution in [0.15, 0.2) is 48.7 Å². The Balaban J connectivity index is 1.76. The van der Waals surface area contributed by atoms with Gasteiger partial charge in [-0.2, -0.15) is 13.2 Å². The fraction of sp³-hybridized carbons (Fsp3) is 0.304. The van der Waals surface area contributed by atoms with Gasteiger partial charge in [0.1, 0.15) is 0 Å². The molecular formula is C23H22F3N3O3. The van der Waals surface area contributed by atoms with Gasteiger partial charge < -0.3 is 19.1 Å². The second-order valence-electron chi connectivity index (χ2n) is 7.99. The number of alkyl halides is 3. The van der Waals surface area contributed by atoms with E-state index in [0.717, 1.165) is 17.8 Å². The van der Waals surface area contributed by atoms with Gasteiger partial charge in [-0.05, 0) is 36.4 Å². The lowest BCUT2D eigenvalue weighted by Crippen LogP contribution is -2.50. The predicted octanol–water partition coefficient (Wildman–Crippen LogP) is 3.96. The molecule has 3 aromatic rings. The first-order valence-corrected chi connectivity index (χ1v) is 9.97. The fourth-order valence-electron chi connectivity index (χ4n) is 3.88. The van der Waals surface area contributed by atoms with E-state index in [1.54, 1.807) is 24.9 Å². The van der Waals surface area contributed by atoms with Crippen molar-refractivity contribution in [3.05, 3.63) is 59.8 Å². The summed E-state index contributed by atoms with van der Waals surface area (Å²) in [6, 6.07) is 10.9. The highest BCUT2D eigenvalue weighted by molar-refractivity contribution is 6.07. The smallest absolute Gasteiger partial charge is 0.416 e. The van der Waals surface area contributed by atoms with Crippen molar-refractivity contribution in [3.8, 4) is 5.69 Å². The molecule has 1 amide bonds. The van der Waals surface area contributed by atoms with Gasteiger partial charge in [-0.25, -0.2) is 0 Å². The summed E-state index contributed by atoms with van der Waals surface area (Å²) in [5.74, 6) is -0.810. The zero-order chi connectivity index (χ0) is 23.2. The van der Waals surface area contributed by atoms with Gasteiger partial charge in [0, 0.05) is 50.1 Å². The fourth-order valence-corrected chi connectivity index (χ4v) is 3.88. The molecule has 2 heterocycles. The largest absolute Gasteiger partial charge is 0.469 e. The highest BCUT2D eigenvalue weighted by Crippen LogP contribution is 2.35. The molecule has 0 spiro atoms. The second-order valence-corrected chi connectivity index (χ2v) is 7.99. The van der Waals surface area contributed by atoms with Crippen molar-refractivity contribution in [2.45, 2.75) is 6.18 Å². The molecule has 0 saturated carbocycles. The normalized spacial score (nSPS) is 14.4. The Morgan fingerprint density at radius 3 is 2.38 bits per heavy atom. The first-order chi connectivity index (χ1) is 15.1. The van der Waals surface area contributed by atoms with Gasteiger partial charge in [-0.15, -0.1) is 0 Å². The molecule has 1 aliphatic rings. The molecule has 32 heavy (non-hydrogen) atoms. The molecule has 0 aliphatic carbocycles. The Labute approximate surface area is 182 Å². The average molecular weight is 445 g/mol. The standard InChI is InChI=1S/C23H22F3N3O3/c1-27(2)21(30)19-13-29(20-8-7-15(9-18(19)20)23(24,25)26)17-6-4-5-16(10-17)28-11-14(12-28)22(31)32-3/h4-10,13-14H,11-12H2,1-3H3. The van der Waals surface area contributed by atoms with Gasteiger partial charge in [-0.1, -0.05) is 6.07 Å². The Morgan fingerprint density at radius 1 is 1.06 bits per heavy atom. The van der Waals surface area contributed by atoms with Gasteiger partial charge >= 0.3 is 12.1 Å². The van der Waals surface area contributed by atoms with Crippen molar-refractivity contribution < 1.29 is 27.5 Å². The van der Waals surface area contributed by atoms with Crippen LogP contribution in [0, 0.1) is 5.92 Å². The number of halogens is 3. The lowest BCUT2D eigenvalue weighted by atomic mass is 9.99. The quantitative estimate of drug-likeness (QED) is 0.571. The van der Waals surface area contributed by atoms with Crippen LogP contribution in [-0.4, -0.2) is 55.6 Å². The minimum atomic E-state index is -4.51. The number of fused-ring (bicyclic) bond motifs is 1. The van der Waals surface area contributed by atoms with Crippen LogP contribution >= 0.6 is 0 Å². The van der Waals surface area contributed by atoms with E-state index in [4.69, 9.17) is 4.74 Å². The SMILES string of the molecule is COC(=O)C1CN(c2cccc(-n3cc(C(=O)N(C)C)c4cc(C(F)(F)F)ccc43)c2)C1. The lowest BCUT2D eigenvalue weighted by molar-refractivity contribution is -0.146. The number of aromatic nitrogens is 1. The number of ether oxygens (including phenoxy) is 1. The number of methoxy groups -OCH3 is 1. The lowest BCUT2D eigenvalue weighted by Gasteiger charge is -2.39. The Morgan fingerprint density at radius 2 is 1.75 bits per heavy atom. The van der Waals surface area contributed by atoms with Gasteiger partial charge in [0.05, 0.1) is 29.7 Å². The molecule has 1 aromatic heterocycles. The first kappa shape index (κ1) is 21.7. The van der Waals surface area contributed by atoms with Crippen LogP contribution < -0.4 is 4.90 Å². The number of hydrogen-bond donors (Lipinski definition) is 0.